The van der Waals surface area contributed by atoms with Crippen molar-refractivity contribution in [1.29, 1.82) is 0 Å². The molecule has 0 aromatic heterocycles. The van der Waals surface area contributed by atoms with E-state index in [-0.39, 0.29) is 17.5 Å². The van der Waals surface area contributed by atoms with E-state index < -0.39 is 0 Å². The Labute approximate surface area is 96.7 Å². The first kappa shape index (κ1) is 13.0. The fourth-order valence-corrected chi connectivity index (χ4v) is 2.99. The van der Waals surface area contributed by atoms with Gasteiger partial charge in [-0.1, -0.05) is 19.3 Å². The number of nitrogens with zero attached hydrogens (tertiary/aromatic N) is 2. The van der Waals surface area contributed by atoms with Crippen LogP contribution in [0.4, 0.5) is 0 Å². The van der Waals surface area contributed by atoms with E-state index in [9.17, 15) is 0 Å². The molecule has 0 saturated heterocycles. The fourth-order valence-electron chi connectivity index (χ4n) is 1.83. The minimum Gasteiger partial charge on any atom is -0.396 e. The summed E-state index contributed by atoms with van der Waals surface area (Å²) in [5.41, 5.74) is 0. The first-order chi connectivity index (χ1) is 7.18. The van der Waals surface area contributed by atoms with Gasteiger partial charge in [0.05, 0.1) is 12.6 Å². The van der Waals surface area contributed by atoms with Crippen molar-refractivity contribution in [3.8, 4) is 0 Å². The summed E-state index contributed by atoms with van der Waals surface area (Å²) in [6.07, 6.45) is 6.05. The average molecular weight is 230 g/mol. The Kier molecular flexibility index (Phi) is 5.61. The van der Waals surface area contributed by atoms with Gasteiger partial charge in [0.1, 0.15) is 4.87 Å². The molecule has 0 atom stereocenters. The molecule has 4 heteroatoms. The smallest absolute Gasteiger partial charge is 0.127 e. The van der Waals surface area contributed by atoms with Crippen molar-refractivity contribution in [2.75, 3.05) is 12.4 Å². The molecule has 0 heterocycles. The monoisotopic (exact) mass is 230 g/mol. The van der Waals surface area contributed by atoms with E-state index in [4.69, 9.17) is 5.11 Å². The molecule has 0 aromatic rings. The highest BCUT2D eigenvalue weighted by atomic mass is 32.2. The van der Waals surface area contributed by atoms with Crippen LogP contribution in [0.3, 0.4) is 0 Å². The number of azo groups is 1. The summed E-state index contributed by atoms with van der Waals surface area (Å²) in [6.45, 7) is 4.34. The second-order valence-electron chi connectivity index (χ2n) is 4.39. The summed E-state index contributed by atoms with van der Waals surface area (Å²) < 4.78 is 0. The van der Waals surface area contributed by atoms with Crippen LogP contribution in [0.25, 0.3) is 0 Å². The molecule has 1 N–H and O–H groups in total. The van der Waals surface area contributed by atoms with Crippen LogP contribution in [0.1, 0.15) is 46.0 Å². The second kappa shape index (κ2) is 6.48. The van der Waals surface area contributed by atoms with Crippen molar-refractivity contribution >= 4 is 11.8 Å². The molecule has 0 unspecified atom stereocenters. The zero-order valence-electron chi connectivity index (χ0n) is 9.78. The van der Waals surface area contributed by atoms with Gasteiger partial charge >= 0.3 is 0 Å². The Morgan fingerprint density at radius 1 is 1.27 bits per heavy atom. The highest BCUT2D eigenvalue weighted by Gasteiger charge is 2.32. The van der Waals surface area contributed by atoms with Crippen LogP contribution in [0.2, 0.25) is 0 Å². The van der Waals surface area contributed by atoms with Gasteiger partial charge < -0.3 is 5.11 Å². The maximum absolute atomic E-state index is 8.90. The van der Waals surface area contributed by atoms with E-state index in [1.165, 1.54) is 19.3 Å². The summed E-state index contributed by atoms with van der Waals surface area (Å²) in [4.78, 5) is -0.0226. The minimum absolute atomic E-state index is 0.0226. The predicted octanol–water partition coefficient (Wildman–Crippen LogP) is 3.23. The standard InChI is InChI=1S/C11H22N2OS/c1-10(2)12-13-11(15-9-8-14)6-4-3-5-7-11/h10,14H,3-9H2,1-2H3/b13-12+. The fraction of sp³-hybridized carbons (Fsp3) is 1.00. The Morgan fingerprint density at radius 3 is 2.47 bits per heavy atom. The molecular weight excluding hydrogens is 208 g/mol. The third-order valence-corrected chi connectivity index (χ3v) is 3.98. The molecule has 88 valence electrons. The number of hydrogen-bond donors (Lipinski definition) is 1. The van der Waals surface area contributed by atoms with Gasteiger partial charge in [0, 0.05) is 5.75 Å². The van der Waals surface area contributed by atoms with Gasteiger partial charge in [-0.3, -0.25) is 0 Å². The van der Waals surface area contributed by atoms with Crippen LogP contribution in [0, 0.1) is 0 Å². The topological polar surface area (TPSA) is 45.0 Å². The lowest BCUT2D eigenvalue weighted by Gasteiger charge is -2.31. The van der Waals surface area contributed by atoms with E-state index >= 15 is 0 Å². The summed E-state index contributed by atoms with van der Waals surface area (Å²) in [5, 5.41) is 17.7. The quantitative estimate of drug-likeness (QED) is 0.737. The van der Waals surface area contributed by atoms with E-state index in [2.05, 4.69) is 24.1 Å². The van der Waals surface area contributed by atoms with Gasteiger partial charge in [0.15, 0.2) is 0 Å². The van der Waals surface area contributed by atoms with Crippen LogP contribution in [-0.4, -0.2) is 28.4 Å². The van der Waals surface area contributed by atoms with Crippen LogP contribution in [0.15, 0.2) is 10.2 Å². The normalized spacial score (nSPS) is 21.3. The van der Waals surface area contributed by atoms with Gasteiger partial charge in [-0.15, -0.1) is 11.8 Å². The zero-order valence-corrected chi connectivity index (χ0v) is 10.6. The van der Waals surface area contributed by atoms with Crippen molar-refractivity contribution in [1.82, 2.24) is 0 Å². The lowest BCUT2D eigenvalue weighted by Crippen LogP contribution is -2.26. The molecule has 0 amide bonds. The van der Waals surface area contributed by atoms with Crippen LogP contribution in [0.5, 0.6) is 0 Å². The third-order valence-electron chi connectivity index (χ3n) is 2.57. The molecular formula is C11H22N2OS. The molecule has 15 heavy (non-hydrogen) atoms. The van der Waals surface area contributed by atoms with Gasteiger partial charge in [0.2, 0.25) is 0 Å². The van der Waals surface area contributed by atoms with Crippen molar-refractivity contribution in [3.63, 3.8) is 0 Å². The largest absolute Gasteiger partial charge is 0.396 e. The van der Waals surface area contributed by atoms with Gasteiger partial charge in [-0.25, -0.2) is 0 Å². The number of aliphatic hydroxyl groups excluding tert-OH is 1. The number of thioether (sulfide) groups is 1. The van der Waals surface area contributed by atoms with E-state index in [0.29, 0.717) is 0 Å². The number of hydrogen-bond acceptors (Lipinski definition) is 4. The molecule has 1 saturated carbocycles. The van der Waals surface area contributed by atoms with Crippen LogP contribution < -0.4 is 0 Å². The second-order valence-corrected chi connectivity index (χ2v) is 5.84. The van der Waals surface area contributed by atoms with Gasteiger partial charge in [-0.05, 0) is 26.7 Å². The minimum atomic E-state index is -0.0226. The molecule has 0 spiro atoms. The lowest BCUT2D eigenvalue weighted by molar-refractivity contribution is 0.320. The first-order valence-corrected chi connectivity index (χ1v) is 6.84. The Bertz CT molecular complexity index is 201. The molecule has 0 radical (unpaired) electrons. The third kappa shape index (κ3) is 4.51. The van der Waals surface area contributed by atoms with Gasteiger partial charge in [0.25, 0.3) is 0 Å². The first-order valence-electron chi connectivity index (χ1n) is 5.85. The van der Waals surface area contributed by atoms with Crippen molar-refractivity contribution in [2.45, 2.75) is 56.9 Å². The molecule has 1 rings (SSSR count). The SMILES string of the molecule is CC(C)/N=N/C1(SCCO)CCCCC1. The maximum atomic E-state index is 8.90. The molecule has 1 fully saturated rings. The van der Waals surface area contributed by atoms with Crippen LogP contribution >= 0.6 is 11.8 Å². The lowest BCUT2D eigenvalue weighted by atomic mass is 9.95. The summed E-state index contributed by atoms with van der Waals surface area (Å²) in [6, 6.07) is 0.276. The van der Waals surface area contributed by atoms with E-state index in [1.54, 1.807) is 11.8 Å². The van der Waals surface area contributed by atoms with Crippen LogP contribution in [-0.2, 0) is 0 Å². The molecule has 1 aliphatic carbocycles. The highest BCUT2D eigenvalue weighted by molar-refractivity contribution is 8.00. The predicted molar refractivity (Wildman–Crippen MR) is 65.4 cm³/mol. The maximum Gasteiger partial charge on any atom is 0.127 e. The summed E-state index contributed by atoms with van der Waals surface area (Å²) in [5.74, 6) is 0.775. The molecule has 0 aromatic carbocycles. The van der Waals surface area contributed by atoms with E-state index in [1.807, 2.05) is 0 Å². The highest BCUT2D eigenvalue weighted by Crippen LogP contribution is 2.41. The molecule has 0 bridgehead atoms. The average Bonchev–Trinajstić information content (AvgIpc) is 2.25. The van der Waals surface area contributed by atoms with Gasteiger partial charge in [-0.2, -0.15) is 10.2 Å². The van der Waals surface area contributed by atoms with E-state index in [0.717, 1.165) is 18.6 Å². The number of rotatable bonds is 5. The molecule has 1 aliphatic rings. The van der Waals surface area contributed by atoms with Crippen molar-refractivity contribution in [2.24, 2.45) is 10.2 Å². The zero-order chi connectivity index (χ0) is 11.1. The molecule has 3 nitrogen and oxygen atoms in total. The Hall–Kier alpha value is -0.0900. The van der Waals surface area contributed by atoms with Crippen molar-refractivity contribution in [3.05, 3.63) is 0 Å². The van der Waals surface area contributed by atoms with Crippen molar-refractivity contribution < 1.29 is 5.11 Å². The Balaban J connectivity index is 2.57. The number of aliphatic hydroxyl groups is 1. The molecule has 0 aliphatic heterocycles. The Morgan fingerprint density at radius 2 is 1.93 bits per heavy atom. The summed E-state index contributed by atoms with van der Waals surface area (Å²) >= 11 is 1.78. The summed E-state index contributed by atoms with van der Waals surface area (Å²) in [7, 11) is 0.